The van der Waals surface area contributed by atoms with Gasteiger partial charge in [0, 0.05) is 6.42 Å². The summed E-state index contributed by atoms with van der Waals surface area (Å²) in [6.07, 6.45) is -0.923. The third kappa shape index (κ3) is 42.2. The normalized spacial score (nSPS) is 26.0. The lowest BCUT2D eigenvalue weighted by molar-refractivity contribution is -0.340. The molecular weight excluding hydrogens is 1480 g/mol. The van der Waals surface area contributed by atoms with Crippen molar-refractivity contribution in [3.05, 3.63) is 0 Å². The fourth-order valence-electron chi connectivity index (χ4n) is 14.3. The van der Waals surface area contributed by atoms with E-state index < -0.39 is 213 Å². The zero-order valence-corrected chi connectivity index (χ0v) is 67.8. The van der Waals surface area contributed by atoms with Gasteiger partial charge >= 0.3 is 33.6 Å². The van der Waals surface area contributed by atoms with Gasteiger partial charge in [-0.05, 0) is 25.7 Å². The molecule has 0 saturated carbocycles. The van der Waals surface area contributed by atoms with Crippen LogP contribution in [0.25, 0.3) is 0 Å². The van der Waals surface area contributed by atoms with Gasteiger partial charge in [-0.2, -0.15) is 0 Å². The van der Waals surface area contributed by atoms with Crippen LogP contribution in [-0.4, -0.2) is 236 Å². The third-order valence-electron chi connectivity index (χ3n) is 20.6. The van der Waals surface area contributed by atoms with Crippen molar-refractivity contribution in [3.63, 3.8) is 0 Å². The highest BCUT2D eigenvalue weighted by Crippen LogP contribution is 2.45. The van der Waals surface area contributed by atoms with Crippen LogP contribution in [0.5, 0.6) is 0 Å². The molecule has 0 radical (unpaired) electrons. The molecule has 3 fully saturated rings. The Morgan fingerprint density at radius 3 is 1.15 bits per heavy atom. The second kappa shape index (κ2) is 57.2. The number of phosphoric acid groups is 2. The van der Waals surface area contributed by atoms with Crippen molar-refractivity contribution >= 4 is 45.4 Å². The van der Waals surface area contributed by atoms with Crippen LogP contribution < -0.4 is 10.6 Å². The number of carbonyl (C=O) groups is 5. The van der Waals surface area contributed by atoms with Crippen LogP contribution in [0, 0.1) is 0 Å². The van der Waals surface area contributed by atoms with Crippen molar-refractivity contribution in [2.75, 3.05) is 19.8 Å². The molecule has 3 heterocycles. The topological polar surface area (TPSA) is 510 Å². The molecule has 0 unspecified atom stereocenters. The minimum atomic E-state index is -5.91. The van der Waals surface area contributed by atoms with Crippen LogP contribution >= 0.6 is 15.6 Å². The Balaban J connectivity index is 2.21. The van der Waals surface area contributed by atoms with Crippen LogP contribution in [0.3, 0.4) is 0 Å². The van der Waals surface area contributed by atoms with Gasteiger partial charge in [0.2, 0.25) is 11.8 Å². The van der Waals surface area contributed by atoms with Gasteiger partial charge in [0.05, 0.1) is 76.0 Å². The lowest BCUT2D eigenvalue weighted by Crippen LogP contribution is -2.68. The maximum atomic E-state index is 14.5. The Hall–Kier alpha value is -2.99. The maximum absolute atomic E-state index is 14.5. The molecule has 3 aliphatic heterocycles. The first-order chi connectivity index (χ1) is 52.4. The summed E-state index contributed by atoms with van der Waals surface area (Å²) in [5, 5.41) is 115. The lowest BCUT2D eigenvalue weighted by Gasteiger charge is -2.48. The number of aliphatic hydroxyl groups excluding tert-OH is 9. The largest absolute Gasteiger partial charge is 0.477 e. The van der Waals surface area contributed by atoms with Crippen molar-refractivity contribution in [3.8, 4) is 0 Å². The number of ether oxygens (including phenoxy) is 7. The fourth-order valence-corrected chi connectivity index (χ4v) is 15.3. The third-order valence-corrected chi connectivity index (χ3v) is 21.6. The second-order valence-electron chi connectivity index (χ2n) is 30.5. The molecule has 0 aromatic carbocycles. The van der Waals surface area contributed by atoms with E-state index >= 15 is 0 Å². The molecule has 2 amide bonds. The SMILES string of the molecule is CCCCCCCCCCC[C@@H](O)CC(=O)N[C@H]1[C@H](OC[C@H]2O[C@@H](OP(=O)(O)O)[C@H](NC(=O)C[C@H](O)CCCCCCCCCCC)[C@@H](OC(=O)C[C@H](O)CCCCCCCCCCC)[C@@H]2O)O[C@H](CO[C@]2(C(=O)O)C[C@@H](O)[C@@H](O)[C@@H]([C@H](O)CO)O2)[C@@H](OP(=O)(O)O)[C@@H]1OC(=O)C[C@H](O)CCCCCCCCCCC. The van der Waals surface area contributed by atoms with E-state index in [0.29, 0.717) is 38.5 Å². The van der Waals surface area contributed by atoms with Gasteiger partial charge in [-0.15, -0.1) is 0 Å². The van der Waals surface area contributed by atoms with E-state index in [2.05, 4.69) is 38.3 Å². The Morgan fingerprint density at radius 2 is 0.791 bits per heavy atom. The summed E-state index contributed by atoms with van der Waals surface area (Å²) >= 11 is 0. The number of esters is 2. The van der Waals surface area contributed by atoms with E-state index in [1.165, 1.54) is 0 Å². The Morgan fingerprint density at radius 1 is 0.445 bits per heavy atom. The number of nitrogens with one attached hydrogen (secondary N) is 2. The summed E-state index contributed by atoms with van der Waals surface area (Å²) in [6.45, 7) is 4.87. The first kappa shape index (κ1) is 101. The molecule has 0 aromatic rings. The molecule has 3 rings (SSSR count). The van der Waals surface area contributed by atoms with Crippen molar-refractivity contribution in [2.45, 2.75) is 433 Å². The number of rotatable bonds is 65. The molecule has 3 aliphatic rings. The molecule has 16 N–H and O–H groups in total. The fraction of sp³-hybridized carbons (Fsp3) is 0.934. The summed E-state index contributed by atoms with van der Waals surface area (Å²) in [7, 11) is -11.7. The van der Waals surface area contributed by atoms with E-state index in [9.17, 15) is 104 Å². The van der Waals surface area contributed by atoms with Crippen LogP contribution in [0.1, 0.15) is 317 Å². The van der Waals surface area contributed by atoms with E-state index in [0.717, 1.165) is 193 Å². The number of carbonyl (C=O) groups excluding carboxylic acids is 4. The van der Waals surface area contributed by atoms with Crippen LogP contribution in [0.2, 0.25) is 0 Å². The number of aliphatic hydroxyl groups is 9. The quantitative estimate of drug-likeness (QED) is 0.0154. The van der Waals surface area contributed by atoms with E-state index in [-0.39, 0.29) is 25.7 Å². The summed E-state index contributed by atoms with van der Waals surface area (Å²) in [5.41, 5.74) is 0. The summed E-state index contributed by atoms with van der Waals surface area (Å²) < 4.78 is 78.4. The van der Waals surface area contributed by atoms with Crippen LogP contribution in [0.15, 0.2) is 0 Å². The zero-order valence-electron chi connectivity index (χ0n) is 66.0. The molecule has 0 spiro atoms. The summed E-state index contributed by atoms with van der Waals surface area (Å²) in [4.78, 5) is 112. The van der Waals surface area contributed by atoms with Gasteiger partial charge in [-0.25, -0.2) is 13.9 Å². The highest BCUT2D eigenvalue weighted by atomic mass is 31.2. The monoisotopic (exact) mass is 1620 g/mol. The number of hydrogen-bond donors (Lipinski definition) is 16. The van der Waals surface area contributed by atoms with Crippen LogP contribution in [0.4, 0.5) is 0 Å². The average molecular weight is 1630 g/mol. The molecule has 3 saturated heterocycles. The van der Waals surface area contributed by atoms with Crippen LogP contribution in [-0.2, 0) is 75.3 Å². The first-order valence-corrected chi connectivity index (χ1v) is 44.5. The van der Waals surface area contributed by atoms with E-state index in [1.807, 2.05) is 0 Å². The summed E-state index contributed by atoms with van der Waals surface area (Å²) in [6, 6.07) is -4.13. The highest BCUT2D eigenvalue weighted by Gasteiger charge is 2.58. The van der Waals surface area contributed by atoms with Gasteiger partial charge < -0.3 is 114 Å². The second-order valence-corrected chi connectivity index (χ2v) is 32.9. The summed E-state index contributed by atoms with van der Waals surface area (Å²) in [5.74, 6) is -9.65. The van der Waals surface area contributed by atoms with Gasteiger partial charge in [-0.1, -0.05) is 259 Å². The minimum Gasteiger partial charge on any atom is -0.477 e. The number of hydrogen-bond acceptors (Lipinski definition) is 25. The Kier molecular flexibility index (Phi) is 52.6. The average Bonchev–Trinajstić information content (AvgIpc) is 0.771. The van der Waals surface area contributed by atoms with E-state index in [4.69, 9.17) is 42.2 Å². The number of aliphatic carboxylic acids is 1. The number of phosphoric ester groups is 2. The Labute approximate surface area is 651 Å². The molecular formula is C76H142N2O30P2. The van der Waals surface area contributed by atoms with Crippen molar-refractivity contribution in [1.29, 1.82) is 0 Å². The molecule has 0 aliphatic carbocycles. The van der Waals surface area contributed by atoms with Crippen molar-refractivity contribution in [1.82, 2.24) is 10.6 Å². The number of carboxylic acids is 1. The Bertz CT molecular complexity index is 2580. The molecule has 32 nitrogen and oxygen atoms in total. The standard InChI is InChI=1S/C76H142N2O30P2/c1-5-9-13-17-21-25-29-33-37-41-53(80)45-61(86)77-65-71(104-63(88)47-55(82)43-39-35-31-27-23-19-15-11-7-3)68(91)59(102-74(65)108-110(97,98)99)51-100-73-66(78-62(87)46-54(81)42-38-34-30-26-22-18-14-10-6-2)72(105-64(89)48-56(83)44-40-36-32-28-24-20-16-12-8-4)70(107-109(94,95)96)60(103-73)52-101-76(75(92)93)49-57(84)67(90)69(106-76)58(85)50-79/h53-60,65-74,79-85,90-91H,5-52H2,1-4H3,(H,77,86)(H,78,87)(H,92,93)(H2,94,95,96)(H2,97,98,99)/t53-,54-,55-,56-,57-,58-,59-,60-,65-,66-,67-,68-,69-,70-,71-,72-,73-,74+,76-/m1/s1. The van der Waals surface area contributed by atoms with E-state index in [1.54, 1.807) is 0 Å². The smallest absolute Gasteiger partial charge is 0.472 e. The molecule has 110 heavy (non-hydrogen) atoms. The number of amides is 2. The predicted octanol–water partition coefficient (Wildman–Crippen LogP) is 8.54. The molecule has 0 aromatic heterocycles. The van der Waals surface area contributed by atoms with Gasteiger partial charge in [-0.3, -0.25) is 28.2 Å². The molecule has 19 atom stereocenters. The molecule has 0 bridgehead atoms. The predicted molar refractivity (Wildman–Crippen MR) is 404 cm³/mol. The zero-order chi connectivity index (χ0) is 81.5. The van der Waals surface area contributed by atoms with Crippen molar-refractivity contribution in [2.24, 2.45) is 0 Å². The number of unbranched alkanes of at least 4 members (excludes halogenated alkanes) is 32. The maximum Gasteiger partial charge on any atom is 0.472 e. The lowest BCUT2D eigenvalue weighted by atomic mass is 9.92. The van der Waals surface area contributed by atoms with Gasteiger partial charge in [0.25, 0.3) is 5.79 Å². The van der Waals surface area contributed by atoms with Gasteiger partial charge in [0.1, 0.15) is 54.8 Å². The number of carboxylic acid groups (broad SMARTS) is 1. The molecule has 646 valence electrons. The van der Waals surface area contributed by atoms with Crippen molar-refractivity contribution < 1.29 is 146 Å². The molecule has 34 heteroatoms. The first-order valence-electron chi connectivity index (χ1n) is 41.4. The van der Waals surface area contributed by atoms with Gasteiger partial charge in [0.15, 0.2) is 24.8 Å². The minimum absolute atomic E-state index is 0.0721. The highest BCUT2D eigenvalue weighted by molar-refractivity contribution is 7.46.